The molecule has 114 valence electrons. The average Bonchev–Trinajstić information content (AvgIpc) is 2.49. The van der Waals surface area contributed by atoms with Crippen LogP contribution in [0.1, 0.15) is 50.8 Å². The molecular weight excluding hydrogens is 250 g/mol. The lowest BCUT2D eigenvalue weighted by molar-refractivity contribution is -0.0228. The van der Waals surface area contributed by atoms with Gasteiger partial charge in [0.1, 0.15) is 0 Å². The van der Waals surface area contributed by atoms with E-state index in [0.717, 1.165) is 37.8 Å². The number of ether oxygens (including phenoxy) is 1. The molecular formula is C16H29N3O. The minimum atomic E-state index is -0.253. The molecule has 4 N–H and O–H groups in total. The Kier molecular flexibility index (Phi) is 7.13. The third kappa shape index (κ3) is 4.01. The molecule has 1 aromatic rings. The first kappa shape index (κ1) is 17.1. The second-order valence-electron chi connectivity index (χ2n) is 5.30. The highest BCUT2D eigenvalue weighted by Crippen LogP contribution is 2.34. The van der Waals surface area contributed by atoms with E-state index in [1.54, 1.807) is 7.11 Å². The fraction of sp³-hybridized carbons (Fsp3) is 0.688. The largest absolute Gasteiger partial charge is 0.373 e. The summed E-state index contributed by atoms with van der Waals surface area (Å²) in [5.74, 6) is 0. The van der Waals surface area contributed by atoms with Crippen molar-refractivity contribution in [1.82, 2.24) is 4.98 Å². The van der Waals surface area contributed by atoms with Gasteiger partial charge in [-0.1, -0.05) is 19.9 Å². The molecule has 4 nitrogen and oxygen atoms in total. The van der Waals surface area contributed by atoms with E-state index in [2.05, 4.69) is 24.9 Å². The van der Waals surface area contributed by atoms with Crippen LogP contribution in [0.5, 0.6) is 0 Å². The molecule has 0 amide bonds. The molecule has 0 saturated heterocycles. The van der Waals surface area contributed by atoms with Crippen molar-refractivity contribution in [3.63, 3.8) is 0 Å². The van der Waals surface area contributed by atoms with Gasteiger partial charge >= 0.3 is 0 Å². The zero-order valence-corrected chi connectivity index (χ0v) is 13.1. The molecule has 0 fully saturated rings. The summed E-state index contributed by atoms with van der Waals surface area (Å²) in [6, 6.07) is 4.20. The molecule has 1 heterocycles. The van der Waals surface area contributed by atoms with Gasteiger partial charge in [0, 0.05) is 37.0 Å². The van der Waals surface area contributed by atoms with E-state index in [0.29, 0.717) is 6.54 Å². The normalized spacial score (nSPS) is 13.4. The molecule has 0 bridgehead atoms. The van der Waals surface area contributed by atoms with Crippen molar-refractivity contribution in [1.29, 1.82) is 0 Å². The van der Waals surface area contributed by atoms with Crippen LogP contribution in [0.25, 0.3) is 0 Å². The quantitative estimate of drug-likeness (QED) is 0.727. The Bertz CT molecular complexity index is 383. The van der Waals surface area contributed by atoms with Gasteiger partial charge in [-0.2, -0.15) is 0 Å². The van der Waals surface area contributed by atoms with Crippen LogP contribution in [-0.4, -0.2) is 24.7 Å². The maximum absolute atomic E-state index is 6.19. The van der Waals surface area contributed by atoms with Crippen LogP contribution < -0.4 is 11.5 Å². The summed E-state index contributed by atoms with van der Waals surface area (Å²) in [6.45, 7) is 4.99. The SMILES string of the molecule is CCC(CC)(OC)c1cccnc1CC(N)CCCN. The van der Waals surface area contributed by atoms with Gasteiger partial charge in [-0.05, 0) is 38.3 Å². The summed E-state index contributed by atoms with van der Waals surface area (Å²) >= 11 is 0. The number of nitrogens with zero attached hydrogens (tertiary/aromatic N) is 1. The minimum Gasteiger partial charge on any atom is -0.373 e. The summed E-state index contributed by atoms with van der Waals surface area (Å²) in [5, 5.41) is 0. The third-order valence-electron chi connectivity index (χ3n) is 4.15. The highest BCUT2D eigenvalue weighted by atomic mass is 16.5. The lowest BCUT2D eigenvalue weighted by Crippen LogP contribution is -2.31. The number of rotatable bonds is 9. The van der Waals surface area contributed by atoms with Crippen molar-refractivity contribution >= 4 is 0 Å². The Morgan fingerprint density at radius 1 is 1.35 bits per heavy atom. The van der Waals surface area contributed by atoms with Crippen molar-refractivity contribution in [2.45, 2.75) is 57.6 Å². The van der Waals surface area contributed by atoms with E-state index in [1.165, 1.54) is 5.56 Å². The van der Waals surface area contributed by atoms with Crippen molar-refractivity contribution in [3.8, 4) is 0 Å². The second-order valence-corrected chi connectivity index (χ2v) is 5.30. The molecule has 0 aliphatic carbocycles. The maximum Gasteiger partial charge on any atom is 0.0939 e. The molecule has 1 atom stereocenters. The summed E-state index contributed by atoms with van der Waals surface area (Å²) in [5.41, 5.74) is 13.7. The van der Waals surface area contributed by atoms with Crippen LogP contribution in [0.3, 0.4) is 0 Å². The standard InChI is InChI=1S/C16H29N3O/c1-4-16(5-2,20-3)14-9-7-11-19-15(14)12-13(18)8-6-10-17/h7,9,11,13H,4-6,8,10,12,17-18H2,1-3H3. The van der Waals surface area contributed by atoms with Gasteiger partial charge in [-0.3, -0.25) is 4.98 Å². The first-order valence-electron chi connectivity index (χ1n) is 7.58. The fourth-order valence-electron chi connectivity index (χ4n) is 2.78. The Morgan fingerprint density at radius 3 is 2.60 bits per heavy atom. The summed E-state index contributed by atoms with van der Waals surface area (Å²) < 4.78 is 5.82. The molecule has 0 radical (unpaired) electrons. The molecule has 1 rings (SSSR count). The Labute approximate surface area is 122 Å². The van der Waals surface area contributed by atoms with E-state index in [1.807, 2.05) is 12.3 Å². The zero-order valence-electron chi connectivity index (χ0n) is 13.1. The van der Waals surface area contributed by atoms with Gasteiger partial charge in [0.05, 0.1) is 5.60 Å². The number of hydrogen-bond donors (Lipinski definition) is 2. The highest BCUT2D eigenvalue weighted by Gasteiger charge is 2.31. The molecule has 20 heavy (non-hydrogen) atoms. The number of nitrogens with two attached hydrogens (primary N) is 2. The van der Waals surface area contributed by atoms with E-state index in [-0.39, 0.29) is 11.6 Å². The van der Waals surface area contributed by atoms with Crippen LogP contribution in [0.4, 0.5) is 0 Å². The van der Waals surface area contributed by atoms with Gasteiger partial charge in [0.2, 0.25) is 0 Å². The van der Waals surface area contributed by atoms with Crippen LogP contribution in [0.2, 0.25) is 0 Å². The summed E-state index contributed by atoms with van der Waals surface area (Å²) in [7, 11) is 1.78. The third-order valence-corrected chi connectivity index (χ3v) is 4.15. The Morgan fingerprint density at radius 2 is 2.05 bits per heavy atom. The van der Waals surface area contributed by atoms with Gasteiger partial charge in [0.25, 0.3) is 0 Å². The molecule has 0 aromatic carbocycles. The molecule has 1 unspecified atom stereocenters. The molecule has 0 aliphatic heterocycles. The highest BCUT2D eigenvalue weighted by molar-refractivity contribution is 5.28. The first-order chi connectivity index (χ1) is 9.63. The van der Waals surface area contributed by atoms with Crippen molar-refractivity contribution in [2.75, 3.05) is 13.7 Å². The molecule has 0 aliphatic rings. The van der Waals surface area contributed by atoms with Crippen LogP contribution >= 0.6 is 0 Å². The first-order valence-corrected chi connectivity index (χ1v) is 7.58. The van der Waals surface area contributed by atoms with E-state index >= 15 is 0 Å². The topological polar surface area (TPSA) is 74.2 Å². The Hall–Kier alpha value is -0.970. The van der Waals surface area contributed by atoms with Crippen LogP contribution in [0.15, 0.2) is 18.3 Å². The lowest BCUT2D eigenvalue weighted by Gasteiger charge is -2.32. The molecule has 4 heteroatoms. The average molecular weight is 279 g/mol. The minimum absolute atomic E-state index is 0.107. The predicted octanol–water partition coefficient (Wildman–Crippen LogP) is 2.35. The van der Waals surface area contributed by atoms with Crippen LogP contribution in [0, 0.1) is 0 Å². The van der Waals surface area contributed by atoms with Crippen molar-refractivity contribution in [2.24, 2.45) is 11.5 Å². The number of hydrogen-bond acceptors (Lipinski definition) is 4. The maximum atomic E-state index is 6.19. The monoisotopic (exact) mass is 279 g/mol. The van der Waals surface area contributed by atoms with E-state index < -0.39 is 0 Å². The van der Waals surface area contributed by atoms with Crippen molar-refractivity contribution in [3.05, 3.63) is 29.6 Å². The molecule has 1 aromatic heterocycles. The molecule has 0 saturated carbocycles. The Balaban J connectivity index is 2.98. The fourth-order valence-corrected chi connectivity index (χ4v) is 2.78. The van der Waals surface area contributed by atoms with E-state index in [4.69, 9.17) is 16.2 Å². The number of pyridine rings is 1. The van der Waals surface area contributed by atoms with Crippen LogP contribution in [-0.2, 0) is 16.8 Å². The zero-order chi connectivity index (χ0) is 15.0. The van der Waals surface area contributed by atoms with Gasteiger partial charge in [-0.25, -0.2) is 0 Å². The summed E-state index contributed by atoms with van der Waals surface area (Å²) in [6.07, 6.45) is 6.36. The van der Waals surface area contributed by atoms with Crippen molar-refractivity contribution < 1.29 is 4.74 Å². The van der Waals surface area contributed by atoms with Gasteiger partial charge in [0.15, 0.2) is 0 Å². The number of methoxy groups -OCH3 is 1. The molecule has 0 spiro atoms. The lowest BCUT2D eigenvalue weighted by atomic mass is 9.85. The van der Waals surface area contributed by atoms with E-state index in [9.17, 15) is 0 Å². The van der Waals surface area contributed by atoms with Gasteiger partial charge < -0.3 is 16.2 Å². The second kappa shape index (κ2) is 8.35. The number of aromatic nitrogens is 1. The summed E-state index contributed by atoms with van der Waals surface area (Å²) in [4.78, 5) is 4.55. The smallest absolute Gasteiger partial charge is 0.0939 e. The van der Waals surface area contributed by atoms with Gasteiger partial charge in [-0.15, -0.1) is 0 Å². The predicted molar refractivity (Wildman–Crippen MR) is 83.5 cm³/mol.